The molecule has 4 amide bonds. The minimum atomic E-state index is -1.25. The lowest BCUT2D eigenvalue weighted by atomic mass is 9.92. The van der Waals surface area contributed by atoms with Gasteiger partial charge in [0.25, 0.3) is 5.91 Å². The Morgan fingerprint density at radius 2 is 1.83 bits per heavy atom. The molecular formula is C21H22BrN3O5. The van der Waals surface area contributed by atoms with Gasteiger partial charge in [0, 0.05) is 16.6 Å². The van der Waals surface area contributed by atoms with Crippen LogP contribution in [0.4, 0.5) is 4.79 Å². The summed E-state index contributed by atoms with van der Waals surface area (Å²) < 4.78 is 11.1. The molecule has 1 heterocycles. The Hall–Kier alpha value is -3.07. The summed E-state index contributed by atoms with van der Waals surface area (Å²) in [5.41, 5.74) is 0.161. The summed E-state index contributed by atoms with van der Waals surface area (Å²) in [7, 11) is 3.07. The van der Waals surface area contributed by atoms with Crippen LogP contribution < -0.4 is 20.1 Å². The van der Waals surface area contributed by atoms with E-state index in [0.29, 0.717) is 21.5 Å². The molecule has 2 aromatic carbocycles. The highest BCUT2D eigenvalue weighted by Gasteiger charge is 2.50. The third-order valence-corrected chi connectivity index (χ3v) is 5.62. The summed E-state index contributed by atoms with van der Waals surface area (Å²) >= 11 is 3.41. The molecule has 1 fully saturated rings. The van der Waals surface area contributed by atoms with Crippen molar-refractivity contribution in [1.82, 2.24) is 15.5 Å². The number of rotatable bonds is 7. The molecule has 30 heavy (non-hydrogen) atoms. The molecule has 158 valence electrons. The number of methoxy groups -OCH3 is 2. The number of halogens is 1. The fourth-order valence-corrected chi connectivity index (χ4v) is 3.96. The first-order chi connectivity index (χ1) is 14.3. The molecule has 2 aromatic rings. The third-order valence-electron chi connectivity index (χ3n) is 4.93. The van der Waals surface area contributed by atoms with Crippen LogP contribution >= 0.6 is 15.9 Å². The first-order valence-corrected chi connectivity index (χ1v) is 9.96. The van der Waals surface area contributed by atoms with Gasteiger partial charge in [0.05, 0.1) is 14.2 Å². The van der Waals surface area contributed by atoms with E-state index < -0.39 is 23.4 Å². The molecule has 8 nitrogen and oxygen atoms in total. The van der Waals surface area contributed by atoms with Gasteiger partial charge >= 0.3 is 6.03 Å². The Labute approximate surface area is 182 Å². The van der Waals surface area contributed by atoms with E-state index in [1.807, 2.05) is 6.07 Å². The highest BCUT2D eigenvalue weighted by molar-refractivity contribution is 9.10. The molecule has 0 spiro atoms. The number of ether oxygens (including phenoxy) is 2. The van der Waals surface area contributed by atoms with Gasteiger partial charge < -0.3 is 20.1 Å². The summed E-state index contributed by atoms with van der Waals surface area (Å²) in [5, 5.41) is 5.41. The average Bonchev–Trinajstić information content (AvgIpc) is 2.96. The standard InChI is InChI=1S/C21H22BrN3O5/c1-21(14-6-4-5-7-15(14)22)19(27)25(20(28)24-21)12-18(26)23-11-13-8-9-16(29-2)17(10-13)30-3/h4-10H,11-12H2,1-3H3,(H,23,26)(H,24,28)/t21-/m0/s1. The SMILES string of the molecule is COc1ccc(CNC(=O)CN2C(=O)N[C@@](C)(c3ccccc3Br)C2=O)cc1OC. The summed E-state index contributed by atoms with van der Waals surface area (Å²) in [6.45, 7) is 1.46. The normalized spacial score (nSPS) is 18.2. The quantitative estimate of drug-likeness (QED) is 0.599. The predicted molar refractivity (Wildman–Crippen MR) is 113 cm³/mol. The molecule has 1 aliphatic heterocycles. The Kier molecular flexibility index (Phi) is 6.31. The van der Waals surface area contributed by atoms with E-state index in [-0.39, 0.29) is 13.1 Å². The van der Waals surface area contributed by atoms with Crippen molar-refractivity contribution in [3.63, 3.8) is 0 Å². The number of nitrogens with one attached hydrogen (secondary N) is 2. The van der Waals surface area contributed by atoms with Crippen LogP contribution in [0.25, 0.3) is 0 Å². The zero-order valence-corrected chi connectivity index (χ0v) is 18.4. The Morgan fingerprint density at radius 3 is 2.50 bits per heavy atom. The molecule has 1 atom stereocenters. The van der Waals surface area contributed by atoms with E-state index in [1.165, 1.54) is 7.11 Å². The van der Waals surface area contributed by atoms with Gasteiger partial charge in [-0.05, 0) is 30.7 Å². The largest absolute Gasteiger partial charge is 0.493 e. The van der Waals surface area contributed by atoms with Crippen molar-refractivity contribution in [2.24, 2.45) is 0 Å². The fourth-order valence-electron chi connectivity index (χ4n) is 3.28. The van der Waals surface area contributed by atoms with Crippen molar-refractivity contribution < 1.29 is 23.9 Å². The molecule has 0 radical (unpaired) electrons. The van der Waals surface area contributed by atoms with Gasteiger partial charge in [0.2, 0.25) is 5.91 Å². The molecule has 9 heteroatoms. The number of imide groups is 1. The maximum absolute atomic E-state index is 13.0. The van der Waals surface area contributed by atoms with Crippen molar-refractivity contribution in [2.75, 3.05) is 20.8 Å². The number of hydrogen-bond donors (Lipinski definition) is 2. The van der Waals surface area contributed by atoms with Gasteiger partial charge in [-0.25, -0.2) is 4.79 Å². The van der Waals surface area contributed by atoms with Crippen LogP contribution in [-0.4, -0.2) is 43.5 Å². The predicted octanol–water partition coefficient (Wildman–Crippen LogP) is 2.55. The van der Waals surface area contributed by atoms with E-state index >= 15 is 0 Å². The van der Waals surface area contributed by atoms with Crippen LogP contribution in [-0.2, 0) is 21.7 Å². The molecule has 2 N–H and O–H groups in total. The lowest BCUT2D eigenvalue weighted by Crippen LogP contribution is -2.43. The second-order valence-corrected chi connectivity index (χ2v) is 7.75. The van der Waals surface area contributed by atoms with Crippen molar-refractivity contribution in [1.29, 1.82) is 0 Å². The lowest BCUT2D eigenvalue weighted by Gasteiger charge is -2.23. The number of carbonyl (C=O) groups is 3. The zero-order chi connectivity index (χ0) is 21.9. The molecular weight excluding hydrogens is 454 g/mol. The van der Waals surface area contributed by atoms with Crippen LogP contribution in [0.1, 0.15) is 18.1 Å². The average molecular weight is 476 g/mol. The van der Waals surface area contributed by atoms with Gasteiger partial charge in [0.15, 0.2) is 11.5 Å². The Morgan fingerprint density at radius 1 is 1.13 bits per heavy atom. The number of nitrogens with zero attached hydrogens (tertiary/aromatic N) is 1. The molecule has 0 unspecified atom stereocenters. The van der Waals surface area contributed by atoms with Crippen molar-refractivity contribution >= 4 is 33.8 Å². The summed E-state index contributed by atoms with van der Waals surface area (Å²) in [6, 6.07) is 11.8. The topological polar surface area (TPSA) is 97.0 Å². The lowest BCUT2D eigenvalue weighted by molar-refractivity contribution is -0.134. The van der Waals surface area contributed by atoms with Crippen LogP contribution in [0.5, 0.6) is 11.5 Å². The molecule has 0 saturated carbocycles. The number of carbonyl (C=O) groups excluding carboxylic acids is 3. The van der Waals surface area contributed by atoms with Gasteiger partial charge in [0.1, 0.15) is 12.1 Å². The third kappa shape index (κ3) is 4.11. The maximum Gasteiger partial charge on any atom is 0.325 e. The summed E-state index contributed by atoms with van der Waals surface area (Å²) in [5.74, 6) is 0.186. The first kappa shape index (κ1) is 21.6. The van der Waals surface area contributed by atoms with Gasteiger partial charge in [-0.15, -0.1) is 0 Å². The van der Waals surface area contributed by atoms with Crippen LogP contribution in [0, 0.1) is 0 Å². The number of amides is 4. The van der Waals surface area contributed by atoms with Gasteiger partial charge in [-0.2, -0.15) is 0 Å². The molecule has 0 aromatic heterocycles. The van der Waals surface area contributed by atoms with Crippen molar-refractivity contribution in [2.45, 2.75) is 19.0 Å². The Balaban J connectivity index is 1.66. The second kappa shape index (κ2) is 8.74. The number of urea groups is 1. The van der Waals surface area contributed by atoms with E-state index in [0.717, 1.165) is 10.5 Å². The Bertz CT molecular complexity index is 996. The number of benzene rings is 2. The van der Waals surface area contributed by atoms with Crippen LogP contribution in [0.3, 0.4) is 0 Å². The summed E-state index contributed by atoms with van der Waals surface area (Å²) in [4.78, 5) is 38.7. The zero-order valence-electron chi connectivity index (χ0n) is 16.8. The summed E-state index contributed by atoms with van der Waals surface area (Å²) in [6.07, 6.45) is 0. The van der Waals surface area contributed by atoms with E-state index in [9.17, 15) is 14.4 Å². The minimum absolute atomic E-state index is 0.213. The van der Waals surface area contributed by atoms with Crippen molar-refractivity contribution in [3.05, 3.63) is 58.1 Å². The number of hydrogen-bond acceptors (Lipinski definition) is 5. The minimum Gasteiger partial charge on any atom is -0.493 e. The van der Waals surface area contributed by atoms with E-state index in [4.69, 9.17) is 9.47 Å². The molecule has 0 bridgehead atoms. The highest BCUT2D eigenvalue weighted by Crippen LogP contribution is 2.33. The molecule has 1 aliphatic rings. The van der Waals surface area contributed by atoms with E-state index in [1.54, 1.807) is 50.4 Å². The first-order valence-electron chi connectivity index (χ1n) is 9.17. The second-order valence-electron chi connectivity index (χ2n) is 6.89. The van der Waals surface area contributed by atoms with Gasteiger partial charge in [-0.1, -0.05) is 40.2 Å². The molecule has 0 aliphatic carbocycles. The maximum atomic E-state index is 13.0. The monoisotopic (exact) mass is 475 g/mol. The van der Waals surface area contributed by atoms with Crippen LogP contribution in [0.15, 0.2) is 46.9 Å². The van der Waals surface area contributed by atoms with E-state index in [2.05, 4.69) is 26.6 Å². The van der Waals surface area contributed by atoms with Gasteiger partial charge in [-0.3, -0.25) is 14.5 Å². The highest BCUT2D eigenvalue weighted by atomic mass is 79.9. The molecule has 3 rings (SSSR count). The van der Waals surface area contributed by atoms with Crippen molar-refractivity contribution in [3.8, 4) is 11.5 Å². The van der Waals surface area contributed by atoms with Crippen LogP contribution in [0.2, 0.25) is 0 Å². The smallest absolute Gasteiger partial charge is 0.325 e. The fraction of sp³-hybridized carbons (Fsp3) is 0.286. The molecule has 1 saturated heterocycles.